The zero-order valence-corrected chi connectivity index (χ0v) is 17.1. The fraction of sp³-hybridized carbons (Fsp3) is 0.0870. The minimum atomic E-state index is -0.761. The fourth-order valence-electron chi connectivity index (χ4n) is 2.94. The van der Waals surface area contributed by atoms with Crippen LogP contribution in [0.1, 0.15) is 21.7 Å². The molecular formula is C23H17N3O6. The topological polar surface area (TPSA) is 135 Å². The molecule has 1 aromatic heterocycles. The number of para-hydroxylation sites is 1. The number of anilines is 1. The molecule has 9 nitrogen and oxygen atoms in total. The molecule has 0 saturated carbocycles. The van der Waals surface area contributed by atoms with Crippen LogP contribution >= 0.6 is 0 Å². The first-order valence-corrected chi connectivity index (χ1v) is 9.29. The van der Waals surface area contributed by atoms with Crippen LogP contribution in [0.2, 0.25) is 0 Å². The van der Waals surface area contributed by atoms with E-state index in [2.05, 4.69) is 10.1 Å². The molecule has 0 bridgehead atoms. The number of esters is 1. The Morgan fingerprint density at radius 3 is 2.62 bits per heavy atom. The zero-order chi connectivity index (χ0) is 23.3. The highest BCUT2D eigenvalue weighted by molar-refractivity contribution is 6.11. The Labute approximate surface area is 182 Å². The van der Waals surface area contributed by atoms with Crippen LogP contribution in [0, 0.1) is 28.4 Å². The van der Waals surface area contributed by atoms with Crippen LogP contribution in [0.3, 0.4) is 0 Å². The largest absolute Gasteiger partial charge is 0.465 e. The van der Waals surface area contributed by atoms with Crippen LogP contribution in [-0.4, -0.2) is 23.9 Å². The number of ether oxygens (including phenoxy) is 1. The molecule has 2 aromatic carbocycles. The number of nitriles is 1. The van der Waals surface area contributed by atoms with Gasteiger partial charge in [-0.3, -0.25) is 14.9 Å². The maximum absolute atomic E-state index is 12.6. The van der Waals surface area contributed by atoms with Gasteiger partial charge in [0, 0.05) is 12.1 Å². The Bertz CT molecular complexity index is 1280. The molecule has 3 aromatic rings. The summed E-state index contributed by atoms with van der Waals surface area (Å²) in [4.78, 5) is 35.3. The molecule has 0 atom stereocenters. The standard InChI is InChI=1S/C23H17N3O6/c1-14-7-9-18(20(11-14)26(29)30)21-10-8-16(32-21)12-15(13-24)22(27)25-19-6-4-3-5-17(19)23(28)31-2/h3-12H,1-2H3,(H,25,27)/b15-12+. The van der Waals surface area contributed by atoms with Gasteiger partial charge in [-0.15, -0.1) is 0 Å². The lowest BCUT2D eigenvalue weighted by atomic mass is 10.1. The number of nitrogens with zero attached hydrogens (tertiary/aromatic N) is 2. The number of nitrogens with one attached hydrogen (secondary N) is 1. The highest BCUT2D eigenvalue weighted by Gasteiger charge is 2.19. The summed E-state index contributed by atoms with van der Waals surface area (Å²) in [5.41, 5.74) is 0.906. The number of hydrogen-bond acceptors (Lipinski definition) is 7. The van der Waals surface area contributed by atoms with Gasteiger partial charge in [0.1, 0.15) is 23.2 Å². The van der Waals surface area contributed by atoms with Crippen molar-refractivity contribution in [1.29, 1.82) is 5.26 Å². The number of rotatable bonds is 6. The molecule has 1 heterocycles. The maximum atomic E-state index is 12.6. The average molecular weight is 431 g/mol. The predicted octanol–water partition coefficient (Wildman–Crippen LogP) is 4.50. The molecule has 0 radical (unpaired) electrons. The van der Waals surface area contributed by atoms with Gasteiger partial charge in [-0.2, -0.15) is 5.26 Å². The van der Waals surface area contributed by atoms with Crippen LogP contribution in [0.25, 0.3) is 17.4 Å². The SMILES string of the molecule is COC(=O)c1ccccc1NC(=O)/C(C#N)=C/c1ccc(-c2ccc(C)cc2[N+](=O)[O-])o1. The van der Waals surface area contributed by atoms with E-state index in [1.807, 2.05) is 0 Å². The zero-order valence-electron chi connectivity index (χ0n) is 17.1. The fourth-order valence-corrected chi connectivity index (χ4v) is 2.94. The van der Waals surface area contributed by atoms with Crippen LogP contribution < -0.4 is 5.32 Å². The molecule has 160 valence electrons. The number of methoxy groups -OCH3 is 1. The summed E-state index contributed by atoms with van der Waals surface area (Å²) < 4.78 is 10.3. The lowest BCUT2D eigenvalue weighted by molar-refractivity contribution is -0.384. The van der Waals surface area contributed by atoms with Gasteiger partial charge >= 0.3 is 5.97 Å². The van der Waals surface area contributed by atoms with Gasteiger partial charge in [-0.1, -0.05) is 18.2 Å². The Hall–Kier alpha value is -4.71. The van der Waals surface area contributed by atoms with E-state index in [4.69, 9.17) is 4.42 Å². The minimum absolute atomic E-state index is 0.118. The van der Waals surface area contributed by atoms with Crippen LogP contribution in [0.15, 0.2) is 64.6 Å². The number of carbonyl (C=O) groups excluding carboxylic acids is 2. The molecule has 3 rings (SSSR count). The molecule has 0 saturated heterocycles. The number of furan rings is 1. The molecule has 32 heavy (non-hydrogen) atoms. The number of aryl methyl sites for hydroxylation is 1. The third-order valence-corrected chi connectivity index (χ3v) is 4.47. The van der Waals surface area contributed by atoms with Gasteiger partial charge < -0.3 is 14.5 Å². The summed E-state index contributed by atoms with van der Waals surface area (Å²) in [7, 11) is 1.22. The van der Waals surface area contributed by atoms with E-state index < -0.39 is 16.8 Å². The molecule has 0 unspecified atom stereocenters. The lowest BCUT2D eigenvalue weighted by Gasteiger charge is -2.08. The summed E-state index contributed by atoms with van der Waals surface area (Å²) in [6.07, 6.45) is 1.21. The Morgan fingerprint density at radius 2 is 1.94 bits per heavy atom. The van der Waals surface area contributed by atoms with E-state index in [0.717, 1.165) is 5.56 Å². The second kappa shape index (κ2) is 9.40. The normalized spacial score (nSPS) is 10.8. The van der Waals surface area contributed by atoms with Crippen LogP contribution in [0.4, 0.5) is 11.4 Å². The Kier molecular flexibility index (Phi) is 6.46. The van der Waals surface area contributed by atoms with Gasteiger partial charge in [-0.05, 0) is 42.8 Å². The second-order valence-electron chi connectivity index (χ2n) is 6.64. The second-order valence-corrected chi connectivity index (χ2v) is 6.64. The van der Waals surface area contributed by atoms with Crippen molar-refractivity contribution in [2.45, 2.75) is 6.92 Å². The minimum Gasteiger partial charge on any atom is -0.465 e. The van der Waals surface area contributed by atoms with E-state index in [-0.39, 0.29) is 39.6 Å². The summed E-state index contributed by atoms with van der Waals surface area (Å²) in [6.45, 7) is 1.74. The lowest BCUT2D eigenvalue weighted by Crippen LogP contribution is -2.16. The smallest absolute Gasteiger partial charge is 0.339 e. The van der Waals surface area contributed by atoms with Crippen molar-refractivity contribution in [1.82, 2.24) is 0 Å². The Morgan fingerprint density at radius 1 is 1.19 bits per heavy atom. The first kappa shape index (κ1) is 22.0. The van der Waals surface area contributed by atoms with E-state index in [1.165, 1.54) is 43.5 Å². The number of nitro benzene ring substituents is 1. The van der Waals surface area contributed by atoms with Crippen molar-refractivity contribution in [3.05, 3.63) is 87.2 Å². The van der Waals surface area contributed by atoms with Crippen molar-refractivity contribution in [2.24, 2.45) is 0 Å². The molecule has 0 aliphatic heterocycles. The summed E-state index contributed by atoms with van der Waals surface area (Å²) in [5.74, 6) is -1.03. The first-order chi connectivity index (χ1) is 15.3. The number of hydrogen-bond donors (Lipinski definition) is 1. The highest BCUT2D eigenvalue weighted by Crippen LogP contribution is 2.32. The van der Waals surface area contributed by atoms with Crippen LogP contribution in [0.5, 0.6) is 0 Å². The molecular weight excluding hydrogens is 414 g/mol. The van der Waals surface area contributed by atoms with Crippen molar-refractivity contribution >= 4 is 29.3 Å². The molecule has 1 N–H and O–H groups in total. The van der Waals surface area contributed by atoms with E-state index in [1.54, 1.807) is 37.3 Å². The number of carbonyl (C=O) groups is 2. The molecule has 0 aliphatic carbocycles. The molecule has 9 heteroatoms. The van der Waals surface area contributed by atoms with Gasteiger partial charge in [0.2, 0.25) is 0 Å². The van der Waals surface area contributed by atoms with Gasteiger partial charge in [0.25, 0.3) is 11.6 Å². The quantitative estimate of drug-likeness (QED) is 0.200. The number of benzene rings is 2. The van der Waals surface area contributed by atoms with Crippen molar-refractivity contribution < 1.29 is 23.7 Å². The highest BCUT2D eigenvalue weighted by atomic mass is 16.6. The van der Waals surface area contributed by atoms with Crippen molar-refractivity contribution in [3.8, 4) is 17.4 Å². The van der Waals surface area contributed by atoms with Gasteiger partial charge in [-0.25, -0.2) is 4.79 Å². The third-order valence-electron chi connectivity index (χ3n) is 4.47. The average Bonchev–Trinajstić information content (AvgIpc) is 3.25. The Balaban J connectivity index is 1.89. The van der Waals surface area contributed by atoms with Crippen molar-refractivity contribution in [3.63, 3.8) is 0 Å². The summed E-state index contributed by atoms with van der Waals surface area (Å²) in [6, 6.07) is 15.7. The van der Waals surface area contributed by atoms with Gasteiger partial charge in [0.15, 0.2) is 0 Å². The molecule has 0 aliphatic rings. The first-order valence-electron chi connectivity index (χ1n) is 9.29. The van der Waals surface area contributed by atoms with E-state index in [0.29, 0.717) is 0 Å². The number of amides is 1. The molecule has 1 amide bonds. The van der Waals surface area contributed by atoms with Crippen LogP contribution in [-0.2, 0) is 9.53 Å². The molecule has 0 spiro atoms. The third kappa shape index (κ3) is 4.71. The van der Waals surface area contributed by atoms with Crippen molar-refractivity contribution in [2.75, 3.05) is 12.4 Å². The molecule has 0 fully saturated rings. The van der Waals surface area contributed by atoms with Gasteiger partial charge in [0.05, 0.1) is 28.8 Å². The monoisotopic (exact) mass is 431 g/mol. The van der Waals surface area contributed by atoms with E-state index in [9.17, 15) is 25.0 Å². The summed E-state index contributed by atoms with van der Waals surface area (Å²) >= 11 is 0. The number of nitro groups is 1. The van der Waals surface area contributed by atoms with E-state index >= 15 is 0 Å². The summed E-state index contributed by atoms with van der Waals surface area (Å²) in [5, 5.41) is 23.3. The maximum Gasteiger partial charge on any atom is 0.339 e. The predicted molar refractivity (Wildman–Crippen MR) is 116 cm³/mol.